The summed E-state index contributed by atoms with van der Waals surface area (Å²) >= 11 is 1.72. The molecule has 2 saturated heterocycles. The maximum atomic E-state index is 13.1. The molecule has 0 spiro atoms. The topological polar surface area (TPSA) is 49.9 Å². The first-order chi connectivity index (χ1) is 11.8. The molecule has 0 aromatic carbocycles. The lowest BCUT2D eigenvalue weighted by molar-refractivity contribution is -0.138. The van der Waals surface area contributed by atoms with Gasteiger partial charge in [0.05, 0.1) is 12.0 Å². The molecule has 0 radical (unpaired) electrons. The van der Waals surface area contributed by atoms with E-state index < -0.39 is 5.60 Å². The van der Waals surface area contributed by atoms with Crippen LogP contribution in [-0.2, 0) is 9.53 Å². The molecule has 2 atom stereocenters. The molecule has 0 saturated carbocycles. The third-order valence-corrected chi connectivity index (χ3v) is 5.80. The maximum Gasteiger partial charge on any atom is 0.410 e. The predicted molar refractivity (Wildman–Crippen MR) is 98.5 cm³/mol. The van der Waals surface area contributed by atoms with Crippen molar-refractivity contribution in [1.29, 1.82) is 0 Å². The summed E-state index contributed by atoms with van der Waals surface area (Å²) < 4.78 is 5.47. The lowest BCUT2D eigenvalue weighted by Gasteiger charge is -2.36. The lowest BCUT2D eigenvalue weighted by Crippen LogP contribution is -2.47. The molecule has 0 unspecified atom stereocenters. The average Bonchev–Trinajstić information content (AvgIpc) is 3.23. The van der Waals surface area contributed by atoms with E-state index in [1.807, 2.05) is 31.7 Å². The zero-order chi connectivity index (χ0) is 18.0. The van der Waals surface area contributed by atoms with Crippen molar-refractivity contribution >= 4 is 23.3 Å². The predicted octanol–water partition coefficient (Wildman–Crippen LogP) is 4.06. The van der Waals surface area contributed by atoms with Crippen LogP contribution >= 0.6 is 11.3 Å². The Bertz CT molecular complexity index is 609. The highest BCUT2D eigenvalue weighted by atomic mass is 32.1. The third-order valence-electron chi connectivity index (χ3n) is 4.83. The van der Waals surface area contributed by atoms with Crippen LogP contribution in [0.5, 0.6) is 0 Å². The van der Waals surface area contributed by atoms with Crippen LogP contribution in [-0.4, -0.2) is 47.0 Å². The van der Waals surface area contributed by atoms with Crippen molar-refractivity contribution in [1.82, 2.24) is 9.80 Å². The minimum atomic E-state index is -0.507. The van der Waals surface area contributed by atoms with E-state index in [2.05, 4.69) is 11.4 Å². The van der Waals surface area contributed by atoms with Crippen LogP contribution in [0.4, 0.5) is 4.79 Å². The number of thiophene rings is 1. The van der Waals surface area contributed by atoms with Crippen LogP contribution in [0.15, 0.2) is 17.5 Å². The van der Waals surface area contributed by atoms with Crippen LogP contribution in [0, 0.1) is 5.92 Å². The van der Waals surface area contributed by atoms with Crippen molar-refractivity contribution in [3.05, 3.63) is 22.4 Å². The van der Waals surface area contributed by atoms with Gasteiger partial charge in [-0.25, -0.2) is 4.79 Å². The molecule has 25 heavy (non-hydrogen) atoms. The molecule has 2 fully saturated rings. The van der Waals surface area contributed by atoms with Gasteiger partial charge in [-0.05, 0) is 57.9 Å². The Morgan fingerprint density at radius 2 is 1.96 bits per heavy atom. The van der Waals surface area contributed by atoms with E-state index in [4.69, 9.17) is 4.74 Å². The molecule has 3 rings (SSSR count). The number of likely N-dealkylation sites (tertiary alicyclic amines) is 2. The van der Waals surface area contributed by atoms with Gasteiger partial charge < -0.3 is 14.5 Å². The highest BCUT2D eigenvalue weighted by molar-refractivity contribution is 7.10. The molecule has 5 nitrogen and oxygen atoms in total. The van der Waals surface area contributed by atoms with Crippen LogP contribution in [0.2, 0.25) is 0 Å². The summed E-state index contributed by atoms with van der Waals surface area (Å²) in [5.74, 6) is 0.0889. The van der Waals surface area contributed by atoms with Crippen molar-refractivity contribution in [3.8, 4) is 0 Å². The molecule has 2 amide bonds. The molecule has 1 aromatic heterocycles. The van der Waals surface area contributed by atoms with E-state index in [9.17, 15) is 9.59 Å². The smallest absolute Gasteiger partial charge is 0.410 e. The van der Waals surface area contributed by atoms with Crippen molar-refractivity contribution in [3.63, 3.8) is 0 Å². The van der Waals surface area contributed by atoms with Gasteiger partial charge in [0, 0.05) is 24.5 Å². The number of ether oxygens (including phenoxy) is 1. The van der Waals surface area contributed by atoms with Gasteiger partial charge in [0.15, 0.2) is 0 Å². The number of carbonyl (C=O) groups excluding carboxylic acids is 2. The van der Waals surface area contributed by atoms with Crippen molar-refractivity contribution < 1.29 is 14.3 Å². The fraction of sp³-hybridized carbons (Fsp3) is 0.684. The third kappa shape index (κ3) is 4.35. The van der Waals surface area contributed by atoms with Gasteiger partial charge in [-0.1, -0.05) is 6.07 Å². The van der Waals surface area contributed by atoms with E-state index >= 15 is 0 Å². The summed E-state index contributed by atoms with van der Waals surface area (Å²) in [6.07, 6.45) is 3.49. The van der Waals surface area contributed by atoms with E-state index in [0.29, 0.717) is 13.1 Å². The Morgan fingerprint density at radius 3 is 2.64 bits per heavy atom. The first-order valence-corrected chi connectivity index (χ1v) is 10.0. The first-order valence-electron chi connectivity index (χ1n) is 9.17. The van der Waals surface area contributed by atoms with Crippen molar-refractivity contribution in [2.45, 2.75) is 58.1 Å². The summed E-state index contributed by atoms with van der Waals surface area (Å²) in [5.41, 5.74) is -0.507. The molecule has 2 aliphatic heterocycles. The minimum Gasteiger partial charge on any atom is -0.444 e. The number of rotatable bonds is 2. The molecular weight excluding hydrogens is 336 g/mol. The zero-order valence-corrected chi connectivity index (χ0v) is 16.2. The van der Waals surface area contributed by atoms with Crippen LogP contribution in [0.25, 0.3) is 0 Å². The molecule has 138 valence electrons. The van der Waals surface area contributed by atoms with Gasteiger partial charge in [0.2, 0.25) is 5.91 Å². The Hall–Kier alpha value is -1.56. The first kappa shape index (κ1) is 18.2. The second-order valence-corrected chi connectivity index (χ2v) is 8.95. The summed E-state index contributed by atoms with van der Waals surface area (Å²) in [6, 6.07) is 4.38. The largest absolute Gasteiger partial charge is 0.444 e. The van der Waals surface area contributed by atoms with Crippen LogP contribution in [0.3, 0.4) is 0 Å². The SMILES string of the molecule is CC(C)(C)OC(=O)N1CCC[C@H](C(=O)N2CCC[C@H]2c2cccs2)C1. The van der Waals surface area contributed by atoms with Crippen molar-refractivity contribution in [2.75, 3.05) is 19.6 Å². The Kier molecular flexibility index (Phi) is 5.37. The highest BCUT2D eigenvalue weighted by Gasteiger charge is 2.37. The Morgan fingerprint density at radius 1 is 1.20 bits per heavy atom. The van der Waals surface area contributed by atoms with E-state index in [-0.39, 0.29) is 24.0 Å². The number of hydrogen-bond acceptors (Lipinski definition) is 4. The normalized spacial score (nSPS) is 24.4. The lowest BCUT2D eigenvalue weighted by atomic mass is 9.96. The summed E-state index contributed by atoms with van der Waals surface area (Å²) in [7, 11) is 0. The number of nitrogens with zero attached hydrogens (tertiary/aromatic N) is 2. The van der Waals surface area contributed by atoms with Gasteiger partial charge in [0.1, 0.15) is 5.60 Å². The Labute approximate surface area is 153 Å². The monoisotopic (exact) mass is 364 g/mol. The summed E-state index contributed by atoms with van der Waals surface area (Å²) in [5, 5.41) is 2.07. The van der Waals surface area contributed by atoms with E-state index in [1.54, 1.807) is 16.2 Å². The van der Waals surface area contributed by atoms with Crippen molar-refractivity contribution in [2.24, 2.45) is 5.92 Å². The molecule has 0 aliphatic carbocycles. The highest BCUT2D eigenvalue weighted by Crippen LogP contribution is 2.36. The zero-order valence-electron chi connectivity index (χ0n) is 15.4. The fourth-order valence-electron chi connectivity index (χ4n) is 3.71. The van der Waals surface area contributed by atoms with Gasteiger partial charge in [-0.3, -0.25) is 4.79 Å². The van der Waals surface area contributed by atoms with Gasteiger partial charge in [-0.2, -0.15) is 0 Å². The number of piperidine rings is 1. The molecule has 1 aromatic rings. The Balaban J connectivity index is 1.64. The average molecular weight is 365 g/mol. The number of hydrogen-bond donors (Lipinski definition) is 0. The minimum absolute atomic E-state index is 0.109. The van der Waals surface area contributed by atoms with E-state index in [0.717, 1.165) is 32.2 Å². The number of amides is 2. The van der Waals surface area contributed by atoms with E-state index in [1.165, 1.54) is 4.88 Å². The maximum absolute atomic E-state index is 13.1. The molecular formula is C19H28N2O3S. The molecule has 2 aliphatic rings. The summed E-state index contributed by atoms with van der Waals surface area (Å²) in [6.45, 7) is 7.58. The van der Waals surface area contributed by atoms with Crippen LogP contribution in [0.1, 0.15) is 57.4 Å². The van der Waals surface area contributed by atoms with Gasteiger partial charge >= 0.3 is 6.09 Å². The number of carbonyl (C=O) groups is 2. The second-order valence-electron chi connectivity index (χ2n) is 7.97. The molecule has 6 heteroatoms. The quantitative estimate of drug-likeness (QED) is 0.795. The fourth-order valence-corrected chi connectivity index (χ4v) is 4.59. The summed E-state index contributed by atoms with van der Waals surface area (Å²) in [4.78, 5) is 30.5. The molecule has 0 N–H and O–H groups in total. The molecule has 3 heterocycles. The standard InChI is InChI=1S/C19H28N2O3S/c1-19(2,3)24-18(23)20-10-4-7-14(13-20)17(22)21-11-5-8-15(21)16-9-6-12-25-16/h6,9,12,14-15H,4-5,7-8,10-11,13H2,1-3H3/t14-,15-/m0/s1. The molecule has 0 bridgehead atoms. The van der Waals surface area contributed by atoms with Gasteiger partial charge in [0.25, 0.3) is 0 Å². The van der Waals surface area contributed by atoms with Gasteiger partial charge in [-0.15, -0.1) is 11.3 Å². The second kappa shape index (κ2) is 7.36. The van der Waals surface area contributed by atoms with Crippen LogP contribution < -0.4 is 0 Å².